The number of amides is 2. The molecule has 0 radical (unpaired) electrons. The summed E-state index contributed by atoms with van der Waals surface area (Å²) in [6.07, 6.45) is -37.1. The van der Waals surface area contributed by atoms with E-state index in [0.29, 0.717) is 0 Å². The van der Waals surface area contributed by atoms with Gasteiger partial charge in [-0.25, -0.2) is 0 Å². The summed E-state index contributed by atoms with van der Waals surface area (Å²) in [5, 5.41) is 139. The van der Waals surface area contributed by atoms with E-state index in [-0.39, 0.29) is 49.3 Å². The van der Waals surface area contributed by atoms with Gasteiger partial charge in [0.25, 0.3) is 0 Å². The van der Waals surface area contributed by atoms with Gasteiger partial charge < -0.3 is 110 Å². The predicted molar refractivity (Wildman–Crippen MR) is 191 cm³/mol. The zero-order chi connectivity index (χ0) is 50.9. The van der Waals surface area contributed by atoms with Gasteiger partial charge in [0, 0.05) is 13.8 Å². The molecule has 4 saturated heterocycles. The zero-order valence-electron chi connectivity index (χ0n) is 34.7. The van der Waals surface area contributed by atoms with E-state index in [4.69, 9.17) is 49.9 Å². The van der Waals surface area contributed by atoms with Crippen LogP contribution in [-0.4, -0.2) is 185 Å². The molecule has 4 rings (SSSR count). The maximum atomic E-state index is 13.0. The molecule has 0 aromatic heterocycles. The summed E-state index contributed by atoms with van der Waals surface area (Å²) in [4.78, 5) is 50.2. The van der Waals surface area contributed by atoms with Crippen molar-refractivity contribution in [1.29, 1.82) is 0 Å². The van der Waals surface area contributed by atoms with Crippen LogP contribution in [0.2, 0.25) is 0 Å². The normalized spacial score (nSPS) is 38.3. The number of carbonyl (C=O) groups is 4. The number of carboxylic acids is 2. The van der Waals surface area contributed by atoms with Crippen LogP contribution in [0.5, 0.6) is 0 Å². The van der Waals surface area contributed by atoms with E-state index < -0.39 is 159 Å². The molecule has 69 heavy (non-hydrogen) atoms. The number of rotatable bonds is 28. The number of nitrogens with one attached hydrogen (secondary N) is 2. The average Bonchev–Trinajstić information content (AvgIpc) is 3.30. The molecule has 4 aliphatic rings. The van der Waals surface area contributed by atoms with Crippen LogP contribution in [0.3, 0.4) is 0 Å². The van der Waals surface area contributed by atoms with Gasteiger partial charge >= 0.3 is 0 Å². The van der Waals surface area contributed by atoms with Gasteiger partial charge in [0.2, 0.25) is 11.8 Å². The fourth-order valence-electron chi connectivity index (χ4n) is 7.18. The highest BCUT2D eigenvalue weighted by atomic mass is 32.2. The minimum absolute atomic E-state index is 0.282. The van der Waals surface area contributed by atoms with Gasteiger partial charge in [-0.3, -0.25) is 46.5 Å². The molecule has 4 aliphatic heterocycles. The number of aliphatic hydroxyl groups excluding tert-OH is 5. The highest BCUT2D eigenvalue weighted by molar-refractivity contribution is 7.90. The molecule has 0 spiro atoms. The second-order valence-corrected chi connectivity index (χ2v) is 15.9. The predicted octanol–water partition coefficient (Wildman–Crippen LogP) is -11.6. The number of aliphatic carboxylic acids is 2. The Kier molecular flexibility index (Phi) is 25.8. The first-order valence-corrected chi connectivity index (χ1v) is 21.6. The fourth-order valence-corrected chi connectivity index (χ4v) is 8.61. The van der Waals surface area contributed by atoms with E-state index in [1.165, 1.54) is 6.92 Å². The van der Waals surface area contributed by atoms with Gasteiger partial charge in [0.15, 0.2) is 80.4 Å². The maximum absolute atomic E-state index is 13.0. The SMILES string of the molecule is CC(=O)NC1C(C)OC(CO)C(O)C1OC1OC(C(=O)[O-])C(OC2OC(CO)C(O)C(OC3OC(C(=O)[O-])C(O)C(OSOO[O-])C3OSOO[O-])C2NC(C)=O)C(OSOO[O-])C1OSOO[O-]. The van der Waals surface area contributed by atoms with Gasteiger partial charge in [-0.1, -0.05) is 0 Å². The van der Waals surface area contributed by atoms with Crippen molar-refractivity contribution >= 4 is 73.0 Å². The number of hydrogen-bond acceptors (Lipinski definition) is 38. The third-order valence-corrected chi connectivity index (χ3v) is 11.6. The van der Waals surface area contributed by atoms with Crippen molar-refractivity contribution in [3.8, 4) is 0 Å². The molecule has 0 aromatic rings. The van der Waals surface area contributed by atoms with Gasteiger partial charge in [-0.2, -0.15) is 0 Å². The number of hydrogen-bond donors (Lipinski definition) is 7. The molecule has 4 heterocycles. The van der Waals surface area contributed by atoms with Crippen molar-refractivity contribution in [3.05, 3.63) is 0 Å². The lowest BCUT2D eigenvalue weighted by atomic mass is 9.92. The Balaban J connectivity index is 1.81. The first-order chi connectivity index (χ1) is 33.0. The van der Waals surface area contributed by atoms with Crippen LogP contribution in [-0.2, 0) is 107 Å². The van der Waals surface area contributed by atoms with E-state index in [2.05, 4.69) is 48.1 Å². The van der Waals surface area contributed by atoms with Gasteiger partial charge in [0.05, 0.1) is 37.3 Å². The molecule has 0 aromatic carbocycles. The molecule has 40 heteroatoms. The van der Waals surface area contributed by atoms with Crippen molar-refractivity contribution in [3.63, 3.8) is 0 Å². The van der Waals surface area contributed by atoms with Gasteiger partial charge in [0.1, 0.15) is 79.3 Å². The molecular weight excluding hydrogens is 1050 g/mol. The van der Waals surface area contributed by atoms with Crippen LogP contribution in [0.1, 0.15) is 20.8 Å². The van der Waals surface area contributed by atoms with E-state index in [9.17, 15) is 76.0 Å². The van der Waals surface area contributed by atoms with Crippen molar-refractivity contribution in [2.24, 2.45) is 0 Å². The first-order valence-electron chi connectivity index (χ1n) is 18.9. The molecule has 4 fully saturated rings. The highest BCUT2D eigenvalue weighted by Gasteiger charge is 2.58. The molecule has 7 N–H and O–H groups in total. The highest BCUT2D eigenvalue weighted by Crippen LogP contribution is 2.39. The molecule has 2 amide bonds. The Hall–Kier alpha value is -1.84. The van der Waals surface area contributed by atoms with Crippen molar-refractivity contribution < 1.29 is 163 Å². The van der Waals surface area contributed by atoms with Crippen molar-refractivity contribution in [1.82, 2.24) is 10.6 Å². The summed E-state index contributed by atoms with van der Waals surface area (Å²) in [6.45, 7) is 1.38. The lowest BCUT2D eigenvalue weighted by molar-refractivity contribution is -0.778. The summed E-state index contributed by atoms with van der Waals surface area (Å²) < 4.78 is 78.0. The topological polar surface area (TPSA) is 507 Å². The summed E-state index contributed by atoms with van der Waals surface area (Å²) in [5.74, 6) is -6.04. The Morgan fingerprint density at radius 3 is 1.35 bits per heavy atom. The lowest BCUT2D eigenvalue weighted by Gasteiger charge is -2.51. The first kappa shape index (κ1) is 59.7. The van der Waals surface area contributed by atoms with Gasteiger partial charge in [-0.15, -0.1) is 17.3 Å². The van der Waals surface area contributed by atoms with Crippen LogP contribution in [0.4, 0.5) is 0 Å². The molecular formula is C29H40N2O34S4-6. The Labute approximate surface area is 402 Å². The van der Waals surface area contributed by atoms with Crippen LogP contribution in [0.25, 0.3) is 0 Å². The molecule has 36 nitrogen and oxygen atoms in total. The summed E-state index contributed by atoms with van der Waals surface area (Å²) >= 11 is -1.20. The summed E-state index contributed by atoms with van der Waals surface area (Å²) in [7, 11) is 0. The monoisotopic (exact) mass is 1090 g/mol. The maximum Gasteiger partial charge on any atom is 0.217 e. The van der Waals surface area contributed by atoms with Crippen LogP contribution in [0, 0.1) is 0 Å². The van der Waals surface area contributed by atoms with E-state index in [0.717, 1.165) is 13.8 Å². The number of carboxylic acid groups (broad SMARTS) is 2. The second kappa shape index (κ2) is 29.8. The van der Waals surface area contributed by atoms with Crippen LogP contribution in [0.15, 0.2) is 0 Å². The smallest absolute Gasteiger partial charge is 0.217 e. The third kappa shape index (κ3) is 16.1. The average molecular weight is 1090 g/mol. The lowest BCUT2D eigenvalue weighted by Crippen LogP contribution is -2.71. The largest absolute Gasteiger partial charge is 0.691 e. The molecule has 400 valence electrons. The van der Waals surface area contributed by atoms with E-state index >= 15 is 0 Å². The molecule has 0 aliphatic carbocycles. The minimum Gasteiger partial charge on any atom is -0.691 e. The standard InChI is InChI=1S/C29H46N2O34S4/c1-6-11(30-7(2)34)16(13(36)9(4-32)47-6)49-29-24(57-69-65-61-46)21(55-67-63-59-44)20(22(53-29)26(41)42)52-27-12(31-8(3)35)17(14(37)10(5-33)48-27)50-28-23(56-68-64-60-45)18(54-66-62-58-43)15(38)19(51-28)25(39)40/h6,9-24,27-29,32-33,36-38,43-46H,4-5H2,1-3H3,(H,30,34)(H,31,35)(H,39,40)(H,41,42)/p-6. The van der Waals surface area contributed by atoms with Gasteiger partial charge in [-0.05, 0) is 6.92 Å². The van der Waals surface area contributed by atoms with Crippen LogP contribution < -0.4 is 41.9 Å². The number of ether oxygens (including phenoxy) is 7. The Morgan fingerprint density at radius 1 is 0.507 bits per heavy atom. The minimum atomic E-state index is -2.54. The molecule has 0 bridgehead atoms. The zero-order valence-corrected chi connectivity index (χ0v) is 37.9. The Morgan fingerprint density at radius 2 is 0.899 bits per heavy atom. The van der Waals surface area contributed by atoms with E-state index in [1.807, 2.05) is 0 Å². The second-order valence-electron chi connectivity index (χ2n) is 14.1. The van der Waals surface area contributed by atoms with E-state index in [1.54, 1.807) is 0 Å². The fraction of sp³-hybridized carbons (Fsp3) is 0.862. The number of aliphatic hydroxyl groups is 5. The third-order valence-electron chi connectivity index (χ3n) is 9.92. The summed E-state index contributed by atoms with van der Waals surface area (Å²) in [6, 6.07) is -3.33. The van der Waals surface area contributed by atoms with Crippen molar-refractivity contribution in [2.75, 3.05) is 13.2 Å². The number of carbonyl (C=O) groups excluding carboxylic acids is 4. The van der Waals surface area contributed by atoms with Crippen molar-refractivity contribution in [2.45, 2.75) is 143 Å². The molecule has 20 unspecified atom stereocenters. The summed E-state index contributed by atoms with van der Waals surface area (Å²) in [5.41, 5.74) is 0. The van der Waals surface area contributed by atoms with Crippen LogP contribution >= 0.6 is 49.3 Å². The Bertz CT molecular complexity index is 1590. The quantitative estimate of drug-likeness (QED) is 0.0166. The molecule has 20 atom stereocenters. The molecule has 0 saturated carbocycles.